The van der Waals surface area contributed by atoms with E-state index in [2.05, 4.69) is 11.4 Å². The molecule has 0 fully saturated rings. The molecule has 0 atom stereocenters. The summed E-state index contributed by atoms with van der Waals surface area (Å²) in [6.45, 7) is 0. The van der Waals surface area contributed by atoms with Gasteiger partial charge >= 0.3 is 0 Å². The molecule has 21 heavy (non-hydrogen) atoms. The van der Waals surface area contributed by atoms with Gasteiger partial charge in [-0.3, -0.25) is 4.79 Å². The van der Waals surface area contributed by atoms with Crippen LogP contribution >= 0.6 is 0 Å². The Hall–Kier alpha value is -3.12. The summed E-state index contributed by atoms with van der Waals surface area (Å²) in [7, 11) is 0. The highest BCUT2D eigenvalue weighted by Gasteiger charge is 2.07. The summed E-state index contributed by atoms with van der Waals surface area (Å²) in [5.74, 6) is -0.184. The van der Waals surface area contributed by atoms with Crippen molar-refractivity contribution in [2.24, 2.45) is 0 Å². The normalized spacial score (nSPS) is 10.0. The van der Waals surface area contributed by atoms with Gasteiger partial charge in [0, 0.05) is 11.3 Å². The van der Waals surface area contributed by atoms with Crippen molar-refractivity contribution in [3.8, 4) is 6.07 Å². The smallest absolute Gasteiger partial charge is 0.255 e. The number of fused-ring (bicyclic) bond motifs is 1. The summed E-state index contributed by atoms with van der Waals surface area (Å²) in [5.41, 5.74) is 1.73. The van der Waals surface area contributed by atoms with Crippen LogP contribution in [0.3, 0.4) is 0 Å². The van der Waals surface area contributed by atoms with Gasteiger partial charge in [0.05, 0.1) is 11.6 Å². The summed E-state index contributed by atoms with van der Waals surface area (Å²) in [4.78, 5) is 12.3. The van der Waals surface area contributed by atoms with Crippen LogP contribution in [0.2, 0.25) is 0 Å². The van der Waals surface area contributed by atoms with E-state index < -0.39 is 0 Å². The van der Waals surface area contributed by atoms with Gasteiger partial charge in [0.1, 0.15) is 0 Å². The van der Waals surface area contributed by atoms with Crippen molar-refractivity contribution in [3.63, 3.8) is 0 Å². The van der Waals surface area contributed by atoms with E-state index in [1.807, 2.05) is 36.4 Å². The Morgan fingerprint density at radius 2 is 1.71 bits per heavy atom. The fraction of sp³-hybridized carbons (Fsp3) is 0. The van der Waals surface area contributed by atoms with Crippen LogP contribution in [0.15, 0.2) is 66.7 Å². The van der Waals surface area contributed by atoms with Crippen LogP contribution < -0.4 is 5.32 Å². The Balaban J connectivity index is 1.88. The highest BCUT2D eigenvalue weighted by atomic mass is 16.1. The number of anilines is 1. The molecule has 1 N–H and O–H groups in total. The van der Waals surface area contributed by atoms with Gasteiger partial charge in [-0.05, 0) is 41.1 Å². The molecule has 0 radical (unpaired) electrons. The van der Waals surface area contributed by atoms with Crippen molar-refractivity contribution < 1.29 is 4.79 Å². The van der Waals surface area contributed by atoms with Crippen LogP contribution in [0.4, 0.5) is 5.69 Å². The first-order chi connectivity index (χ1) is 10.3. The lowest BCUT2D eigenvalue weighted by Crippen LogP contribution is -2.11. The zero-order valence-corrected chi connectivity index (χ0v) is 11.2. The standard InChI is InChI=1S/C18H12N2O/c19-12-13-4-3-7-17(10-13)20-18(21)16-9-8-14-5-1-2-6-15(14)11-16/h1-11H,(H,20,21). The van der Waals surface area contributed by atoms with Gasteiger partial charge in [-0.2, -0.15) is 5.26 Å². The molecule has 100 valence electrons. The maximum atomic E-state index is 12.3. The average molecular weight is 272 g/mol. The number of carbonyl (C=O) groups is 1. The Kier molecular flexibility index (Phi) is 3.36. The average Bonchev–Trinajstić information content (AvgIpc) is 2.54. The topological polar surface area (TPSA) is 52.9 Å². The van der Waals surface area contributed by atoms with E-state index in [4.69, 9.17) is 5.26 Å². The maximum absolute atomic E-state index is 12.3. The van der Waals surface area contributed by atoms with Gasteiger partial charge < -0.3 is 5.32 Å². The minimum Gasteiger partial charge on any atom is -0.322 e. The second kappa shape index (κ2) is 5.48. The monoisotopic (exact) mass is 272 g/mol. The van der Waals surface area contributed by atoms with Gasteiger partial charge in [-0.25, -0.2) is 0 Å². The number of nitriles is 1. The lowest BCUT2D eigenvalue weighted by atomic mass is 10.1. The second-order valence-electron chi connectivity index (χ2n) is 4.71. The largest absolute Gasteiger partial charge is 0.322 e. The molecule has 0 aliphatic rings. The van der Waals surface area contributed by atoms with Gasteiger partial charge in [0.15, 0.2) is 0 Å². The van der Waals surface area contributed by atoms with Crippen molar-refractivity contribution in [3.05, 3.63) is 77.9 Å². The third-order valence-corrected chi connectivity index (χ3v) is 3.26. The SMILES string of the molecule is N#Cc1cccc(NC(=O)c2ccc3ccccc3c2)c1. The van der Waals surface area contributed by atoms with Crippen molar-refractivity contribution in [1.82, 2.24) is 0 Å². The first-order valence-electron chi connectivity index (χ1n) is 6.56. The van der Waals surface area contributed by atoms with Crippen LogP contribution in [-0.4, -0.2) is 5.91 Å². The molecule has 0 unspecified atom stereocenters. The van der Waals surface area contributed by atoms with E-state index in [9.17, 15) is 4.79 Å². The molecule has 0 aliphatic carbocycles. The molecule has 3 nitrogen and oxygen atoms in total. The van der Waals surface area contributed by atoms with Crippen molar-refractivity contribution in [2.75, 3.05) is 5.32 Å². The van der Waals surface area contributed by atoms with E-state index >= 15 is 0 Å². The molecule has 0 heterocycles. The summed E-state index contributed by atoms with van der Waals surface area (Å²) in [5, 5.41) is 13.8. The second-order valence-corrected chi connectivity index (χ2v) is 4.71. The number of nitrogens with one attached hydrogen (secondary N) is 1. The number of amides is 1. The lowest BCUT2D eigenvalue weighted by Gasteiger charge is -2.06. The van der Waals surface area contributed by atoms with Crippen LogP contribution in [0, 0.1) is 11.3 Å². The molecule has 0 saturated heterocycles. The van der Waals surface area contributed by atoms with E-state index in [0.717, 1.165) is 10.8 Å². The van der Waals surface area contributed by atoms with Crippen LogP contribution in [-0.2, 0) is 0 Å². The molecule has 1 amide bonds. The van der Waals surface area contributed by atoms with E-state index in [1.54, 1.807) is 30.3 Å². The zero-order chi connectivity index (χ0) is 14.7. The predicted octanol–water partition coefficient (Wildman–Crippen LogP) is 3.96. The Morgan fingerprint density at radius 1 is 0.905 bits per heavy atom. The quantitative estimate of drug-likeness (QED) is 0.767. The molecular weight excluding hydrogens is 260 g/mol. The zero-order valence-electron chi connectivity index (χ0n) is 11.2. The molecular formula is C18H12N2O. The van der Waals surface area contributed by atoms with E-state index in [1.165, 1.54) is 0 Å². The molecule has 0 bridgehead atoms. The molecule has 3 rings (SSSR count). The molecule has 3 heteroatoms. The van der Waals surface area contributed by atoms with Crippen molar-refractivity contribution in [2.45, 2.75) is 0 Å². The molecule has 0 aromatic heterocycles. The third kappa shape index (κ3) is 2.75. The number of benzene rings is 3. The summed E-state index contributed by atoms with van der Waals surface area (Å²) in [6, 6.07) is 22.4. The molecule has 3 aromatic rings. The minimum atomic E-state index is -0.184. The first-order valence-corrected chi connectivity index (χ1v) is 6.56. The van der Waals surface area contributed by atoms with Gasteiger partial charge in [0.25, 0.3) is 5.91 Å². The minimum absolute atomic E-state index is 0.184. The molecule has 0 spiro atoms. The molecule has 0 aliphatic heterocycles. The molecule has 0 saturated carbocycles. The van der Waals surface area contributed by atoms with Gasteiger partial charge in [-0.15, -0.1) is 0 Å². The fourth-order valence-electron chi connectivity index (χ4n) is 2.20. The number of carbonyl (C=O) groups excluding carboxylic acids is 1. The van der Waals surface area contributed by atoms with Gasteiger partial charge in [-0.1, -0.05) is 36.4 Å². The van der Waals surface area contributed by atoms with Crippen LogP contribution in [0.25, 0.3) is 10.8 Å². The summed E-state index contributed by atoms with van der Waals surface area (Å²) >= 11 is 0. The lowest BCUT2D eigenvalue weighted by molar-refractivity contribution is 0.102. The van der Waals surface area contributed by atoms with Gasteiger partial charge in [0.2, 0.25) is 0 Å². The Morgan fingerprint density at radius 3 is 2.52 bits per heavy atom. The highest BCUT2D eigenvalue weighted by molar-refractivity contribution is 6.06. The number of hydrogen-bond donors (Lipinski definition) is 1. The Bertz CT molecular complexity index is 862. The van der Waals surface area contributed by atoms with E-state index in [0.29, 0.717) is 16.8 Å². The number of hydrogen-bond acceptors (Lipinski definition) is 2. The number of rotatable bonds is 2. The fourth-order valence-corrected chi connectivity index (χ4v) is 2.20. The summed E-state index contributed by atoms with van der Waals surface area (Å²) < 4.78 is 0. The maximum Gasteiger partial charge on any atom is 0.255 e. The number of nitrogens with zero attached hydrogens (tertiary/aromatic N) is 1. The molecule has 3 aromatic carbocycles. The third-order valence-electron chi connectivity index (χ3n) is 3.26. The summed E-state index contributed by atoms with van der Waals surface area (Å²) in [6.07, 6.45) is 0. The van der Waals surface area contributed by atoms with E-state index in [-0.39, 0.29) is 5.91 Å². The van der Waals surface area contributed by atoms with Crippen LogP contribution in [0.1, 0.15) is 15.9 Å². The highest BCUT2D eigenvalue weighted by Crippen LogP contribution is 2.17. The van der Waals surface area contributed by atoms with Crippen molar-refractivity contribution in [1.29, 1.82) is 5.26 Å². The predicted molar refractivity (Wildman–Crippen MR) is 83.1 cm³/mol. The Labute approximate surface area is 122 Å². The van der Waals surface area contributed by atoms with Crippen molar-refractivity contribution >= 4 is 22.4 Å². The first kappa shape index (κ1) is 12.9. The van der Waals surface area contributed by atoms with Crippen LogP contribution in [0.5, 0.6) is 0 Å².